The summed E-state index contributed by atoms with van der Waals surface area (Å²) in [6, 6.07) is 16.5. The molecule has 1 aliphatic heterocycles. The number of nitrogens with one attached hydrogen (secondary N) is 1. The third kappa shape index (κ3) is 2.64. The van der Waals surface area contributed by atoms with Gasteiger partial charge in [-0.1, -0.05) is 24.3 Å². The number of nitriles is 1. The van der Waals surface area contributed by atoms with E-state index < -0.39 is 17.3 Å². The van der Waals surface area contributed by atoms with Crippen LogP contribution in [0.1, 0.15) is 16.4 Å². The van der Waals surface area contributed by atoms with Gasteiger partial charge in [-0.2, -0.15) is 5.26 Å². The average molecular weight is 296 g/mol. The van der Waals surface area contributed by atoms with Gasteiger partial charge >= 0.3 is 0 Å². The molecule has 0 radical (unpaired) electrons. The van der Waals surface area contributed by atoms with E-state index in [0.717, 1.165) is 10.5 Å². The molecule has 21 heavy (non-hydrogen) atoms. The van der Waals surface area contributed by atoms with E-state index in [4.69, 9.17) is 5.26 Å². The van der Waals surface area contributed by atoms with Gasteiger partial charge in [-0.25, -0.2) is 0 Å². The number of benzene rings is 2. The maximum atomic E-state index is 12.1. The van der Waals surface area contributed by atoms with Crippen LogP contribution in [0, 0.1) is 11.3 Å². The van der Waals surface area contributed by atoms with E-state index in [2.05, 4.69) is 11.4 Å². The first-order chi connectivity index (χ1) is 10.2. The van der Waals surface area contributed by atoms with Gasteiger partial charge in [0.15, 0.2) is 0 Å². The molecule has 2 aromatic rings. The van der Waals surface area contributed by atoms with Crippen molar-refractivity contribution in [3.63, 3.8) is 0 Å². The maximum Gasteiger partial charge on any atom is 0.254 e. The fraction of sp³-hybridized carbons (Fsp3) is 0.125. The lowest BCUT2D eigenvalue weighted by molar-refractivity contribution is -0.124. The highest BCUT2D eigenvalue weighted by Gasteiger charge is 2.32. The van der Waals surface area contributed by atoms with Gasteiger partial charge in [0.05, 0.1) is 22.6 Å². The summed E-state index contributed by atoms with van der Waals surface area (Å²) in [6.45, 7) is 0. The molecule has 2 N–H and O–H groups in total. The summed E-state index contributed by atoms with van der Waals surface area (Å²) in [5, 5.41) is 21.4. The van der Waals surface area contributed by atoms with Crippen LogP contribution in [-0.4, -0.2) is 17.1 Å². The fourth-order valence-electron chi connectivity index (χ4n) is 2.22. The van der Waals surface area contributed by atoms with E-state index in [1.165, 1.54) is 11.8 Å². The van der Waals surface area contributed by atoms with Crippen molar-refractivity contribution in [1.29, 1.82) is 5.26 Å². The third-order valence-electron chi connectivity index (χ3n) is 3.32. The number of amides is 1. The Hall–Kier alpha value is -2.29. The van der Waals surface area contributed by atoms with Gasteiger partial charge in [-0.15, -0.1) is 11.8 Å². The van der Waals surface area contributed by atoms with Gasteiger partial charge in [0, 0.05) is 4.90 Å². The van der Waals surface area contributed by atoms with Gasteiger partial charge in [-0.05, 0) is 29.8 Å². The molecule has 2 atom stereocenters. The number of carbonyl (C=O) groups is 1. The van der Waals surface area contributed by atoms with Crippen molar-refractivity contribution < 1.29 is 9.90 Å². The van der Waals surface area contributed by atoms with Gasteiger partial charge in [0.1, 0.15) is 6.10 Å². The summed E-state index contributed by atoms with van der Waals surface area (Å²) in [5.74, 6) is -0.415. The van der Waals surface area contributed by atoms with E-state index >= 15 is 0 Å². The van der Waals surface area contributed by atoms with Crippen molar-refractivity contribution in [2.24, 2.45) is 0 Å². The lowest BCUT2D eigenvalue weighted by Crippen LogP contribution is -2.30. The molecule has 0 fully saturated rings. The lowest BCUT2D eigenvalue weighted by Gasteiger charge is -2.18. The minimum Gasteiger partial charge on any atom is -0.382 e. The summed E-state index contributed by atoms with van der Waals surface area (Å²) in [4.78, 5) is 13.0. The second-order valence-electron chi connectivity index (χ2n) is 4.70. The van der Waals surface area contributed by atoms with Crippen LogP contribution in [0.4, 0.5) is 5.69 Å². The zero-order valence-electron chi connectivity index (χ0n) is 11.0. The van der Waals surface area contributed by atoms with Crippen molar-refractivity contribution in [3.05, 3.63) is 59.7 Å². The Kier molecular flexibility index (Phi) is 3.65. The molecular formula is C16H12N2O2S. The summed E-state index contributed by atoms with van der Waals surface area (Å²) >= 11 is 1.44. The van der Waals surface area contributed by atoms with Crippen LogP contribution in [0.3, 0.4) is 0 Å². The van der Waals surface area contributed by atoms with Gasteiger partial charge < -0.3 is 10.4 Å². The van der Waals surface area contributed by atoms with E-state index in [9.17, 15) is 9.90 Å². The molecule has 0 spiro atoms. The quantitative estimate of drug-likeness (QED) is 0.848. The zero-order valence-corrected chi connectivity index (χ0v) is 11.8. The van der Waals surface area contributed by atoms with E-state index in [1.54, 1.807) is 24.3 Å². The molecule has 5 heteroatoms. The molecule has 104 valence electrons. The Morgan fingerprint density at radius 3 is 2.57 bits per heavy atom. The number of hydrogen-bond acceptors (Lipinski definition) is 4. The minimum atomic E-state index is -1.14. The van der Waals surface area contributed by atoms with Crippen molar-refractivity contribution in [2.75, 3.05) is 5.32 Å². The van der Waals surface area contributed by atoms with Crippen LogP contribution in [0.25, 0.3) is 0 Å². The molecule has 0 bridgehead atoms. The van der Waals surface area contributed by atoms with Crippen molar-refractivity contribution in [2.45, 2.75) is 16.2 Å². The van der Waals surface area contributed by atoms with E-state index in [1.807, 2.05) is 24.3 Å². The molecule has 1 heterocycles. The first-order valence-corrected chi connectivity index (χ1v) is 7.31. The standard InChI is InChI=1S/C16H12N2O2S/c17-9-10-5-7-11(8-6-10)15-14(19)16(20)18-12-3-1-2-4-13(12)21-15/h1-8,14-15,19H,(H,18,20). The molecule has 0 aromatic heterocycles. The van der Waals surface area contributed by atoms with Crippen LogP contribution >= 0.6 is 11.8 Å². The number of aliphatic hydroxyl groups is 1. The third-order valence-corrected chi connectivity index (χ3v) is 4.72. The van der Waals surface area contributed by atoms with Gasteiger partial charge in [-0.3, -0.25) is 4.79 Å². The summed E-state index contributed by atoms with van der Waals surface area (Å²) in [5.41, 5.74) is 2.08. The number of thioether (sulfide) groups is 1. The van der Waals surface area contributed by atoms with Crippen LogP contribution in [-0.2, 0) is 4.79 Å². The van der Waals surface area contributed by atoms with Crippen LogP contribution < -0.4 is 5.32 Å². The highest BCUT2D eigenvalue weighted by atomic mass is 32.2. The maximum absolute atomic E-state index is 12.1. The number of rotatable bonds is 1. The van der Waals surface area contributed by atoms with Crippen LogP contribution in [0.2, 0.25) is 0 Å². The smallest absolute Gasteiger partial charge is 0.254 e. The zero-order chi connectivity index (χ0) is 14.8. The van der Waals surface area contributed by atoms with Crippen molar-refractivity contribution in [3.8, 4) is 6.07 Å². The normalized spacial score (nSPS) is 20.9. The SMILES string of the molecule is N#Cc1ccc(C2Sc3ccccc3NC(=O)C2O)cc1. The van der Waals surface area contributed by atoms with Gasteiger partial charge in [0.25, 0.3) is 5.91 Å². The Labute approximate surface area is 126 Å². The molecule has 0 saturated carbocycles. The number of aliphatic hydroxyl groups excluding tert-OH is 1. The predicted molar refractivity (Wildman–Crippen MR) is 80.8 cm³/mol. The Bertz CT molecular complexity index is 722. The van der Waals surface area contributed by atoms with Crippen molar-refractivity contribution >= 4 is 23.4 Å². The monoisotopic (exact) mass is 296 g/mol. The second kappa shape index (κ2) is 5.60. The van der Waals surface area contributed by atoms with E-state index in [0.29, 0.717) is 11.3 Å². The lowest BCUT2D eigenvalue weighted by atomic mass is 10.0. The van der Waals surface area contributed by atoms with E-state index in [-0.39, 0.29) is 0 Å². The molecular weight excluding hydrogens is 284 g/mol. The highest BCUT2D eigenvalue weighted by molar-refractivity contribution is 7.99. The topological polar surface area (TPSA) is 73.1 Å². The molecule has 2 unspecified atom stereocenters. The first kappa shape index (κ1) is 13.7. The molecule has 3 rings (SSSR count). The molecule has 1 amide bonds. The van der Waals surface area contributed by atoms with Gasteiger partial charge in [0.2, 0.25) is 0 Å². The number of hydrogen-bond donors (Lipinski definition) is 2. The number of fused-ring (bicyclic) bond motifs is 1. The Balaban J connectivity index is 2.00. The number of carbonyl (C=O) groups excluding carboxylic acids is 1. The average Bonchev–Trinajstić information content (AvgIpc) is 2.65. The Morgan fingerprint density at radius 1 is 1.14 bits per heavy atom. The van der Waals surface area contributed by atoms with Crippen LogP contribution in [0.15, 0.2) is 53.4 Å². The molecule has 0 saturated heterocycles. The Morgan fingerprint density at radius 2 is 1.86 bits per heavy atom. The molecule has 2 aromatic carbocycles. The fourth-order valence-corrected chi connectivity index (χ4v) is 3.44. The molecule has 0 aliphatic carbocycles. The second-order valence-corrected chi connectivity index (χ2v) is 5.89. The summed E-state index contributed by atoms with van der Waals surface area (Å²) < 4.78 is 0. The number of para-hydroxylation sites is 1. The minimum absolute atomic E-state index is 0.401. The highest BCUT2D eigenvalue weighted by Crippen LogP contribution is 2.43. The predicted octanol–water partition coefficient (Wildman–Crippen LogP) is 2.70. The molecule has 4 nitrogen and oxygen atoms in total. The number of anilines is 1. The number of nitrogens with zero attached hydrogens (tertiary/aromatic N) is 1. The molecule has 1 aliphatic rings. The summed E-state index contributed by atoms with van der Waals surface area (Å²) in [6.07, 6.45) is -1.14. The summed E-state index contributed by atoms with van der Waals surface area (Å²) in [7, 11) is 0. The largest absolute Gasteiger partial charge is 0.382 e. The van der Waals surface area contributed by atoms with Crippen molar-refractivity contribution in [1.82, 2.24) is 0 Å². The first-order valence-electron chi connectivity index (χ1n) is 6.44. The van der Waals surface area contributed by atoms with Crippen LogP contribution in [0.5, 0.6) is 0 Å².